The maximum absolute atomic E-state index is 12.8. The van der Waals surface area contributed by atoms with Crippen LogP contribution in [0.25, 0.3) is 0 Å². The van der Waals surface area contributed by atoms with Crippen molar-refractivity contribution < 1.29 is 28.6 Å². The van der Waals surface area contributed by atoms with Gasteiger partial charge >= 0.3 is 17.9 Å². The first kappa shape index (κ1) is 65.8. The molecule has 6 heteroatoms. The minimum absolute atomic E-state index is 0.144. The summed E-state index contributed by atoms with van der Waals surface area (Å²) in [4.78, 5) is 38.1. The van der Waals surface area contributed by atoms with Gasteiger partial charge in [-0.2, -0.15) is 0 Å². The fourth-order valence-electron chi connectivity index (χ4n) is 6.61. The van der Waals surface area contributed by atoms with Crippen molar-refractivity contribution in [1.82, 2.24) is 0 Å². The Hall–Kier alpha value is -5.23. The van der Waals surface area contributed by atoms with E-state index in [1.54, 1.807) is 0 Å². The van der Waals surface area contributed by atoms with Crippen molar-refractivity contribution in [3.05, 3.63) is 170 Å². The van der Waals surface area contributed by atoms with Crippen LogP contribution < -0.4 is 0 Å². The lowest BCUT2D eigenvalue weighted by atomic mass is 10.1. The Morgan fingerprint density at radius 3 is 0.887 bits per heavy atom. The van der Waals surface area contributed by atoms with E-state index >= 15 is 0 Å². The van der Waals surface area contributed by atoms with Crippen LogP contribution in [0.5, 0.6) is 0 Å². The summed E-state index contributed by atoms with van der Waals surface area (Å²) in [6.45, 7) is 6.23. The third kappa shape index (κ3) is 55.6. The van der Waals surface area contributed by atoms with Crippen LogP contribution in [0.2, 0.25) is 0 Å². The Kier molecular flexibility index (Phi) is 53.1. The highest BCUT2D eigenvalue weighted by molar-refractivity contribution is 5.71. The molecule has 0 radical (unpaired) electrons. The van der Waals surface area contributed by atoms with Gasteiger partial charge in [-0.1, -0.05) is 210 Å². The van der Waals surface area contributed by atoms with Crippen molar-refractivity contribution in [1.29, 1.82) is 0 Å². The van der Waals surface area contributed by atoms with Gasteiger partial charge in [-0.05, 0) is 141 Å². The molecular weight excluding hydrogens is 877 g/mol. The number of carbonyl (C=O) groups excluding carboxylic acids is 3. The first-order valence-corrected chi connectivity index (χ1v) is 27.6. The van der Waals surface area contributed by atoms with Gasteiger partial charge in [0.2, 0.25) is 0 Å². The molecule has 0 aliphatic rings. The first-order chi connectivity index (χ1) is 35.0. The number of hydrogen-bond acceptors (Lipinski definition) is 6. The molecule has 0 heterocycles. The van der Waals surface area contributed by atoms with Crippen molar-refractivity contribution in [2.75, 3.05) is 13.2 Å². The van der Waals surface area contributed by atoms with Crippen molar-refractivity contribution in [2.45, 2.75) is 207 Å². The highest BCUT2D eigenvalue weighted by atomic mass is 16.6. The van der Waals surface area contributed by atoms with Crippen LogP contribution >= 0.6 is 0 Å². The smallest absolute Gasteiger partial charge is 0.306 e. The second-order valence-electron chi connectivity index (χ2n) is 17.4. The summed E-state index contributed by atoms with van der Waals surface area (Å²) >= 11 is 0. The lowest BCUT2D eigenvalue weighted by molar-refractivity contribution is -0.167. The van der Waals surface area contributed by atoms with E-state index in [0.717, 1.165) is 122 Å². The zero-order chi connectivity index (χ0) is 51.4. The number of ether oxygens (including phenoxy) is 3. The molecule has 0 saturated carbocycles. The summed E-state index contributed by atoms with van der Waals surface area (Å²) < 4.78 is 16.7. The summed E-state index contributed by atoms with van der Waals surface area (Å²) in [7, 11) is 0. The van der Waals surface area contributed by atoms with Crippen LogP contribution in [-0.2, 0) is 28.6 Å². The molecule has 0 unspecified atom stereocenters. The lowest BCUT2D eigenvalue weighted by Crippen LogP contribution is -2.30. The fourth-order valence-corrected chi connectivity index (χ4v) is 6.61. The predicted octanol–water partition coefficient (Wildman–Crippen LogP) is 18.8. The quantitative estimate of drug-likeness (QED) is 0.0262. The van der Waals surface area contributed by atoms with Gasteiger partial charge in [-0.15, -0.1) is 0 Å². The zero-order valence-electron chi connectivity index (χ0n) is 44.9. The van der Waals surface area contributed by atoms with E-state index in [0.29, 0.717) is 12.8 Å². The molecule has 0 saturated heterocycles. The highest BCUT2D eigenvalue weighted by Gasteiger charge is 2.19. The summed E-state index contributed by atoms with van der Waals surface area (Å²) in [5.74, 6) is -1.10. The summed E-state index contributed by atoms with van der Waals surface area (Å²) in [5, 5.41) is 0. The van der Waals surface area contributed by atoms with Crippen LogP contribution in [0.4, 0.5) is 0 Å². The standard InChI is InChI=1S/C65H98O6/c1-4-7-10-13-16-19-22-25-28-31-32-35-37-40-43-46-49-52-55-58-64(67)70-61-62(71-65(68)59-56-53-50-47-44-41-38-34-30-27-24-21-18-15-12-9-6-3)60-69-63(66)57-54-51-48-45-42-39-36-33-29-26-23-20-17-14-11-8-5-2/h7,9-10,12,16-21,25-30,32,35-36,38-41,43,45,47-48,50,62H,4-6,8,11,13-15,22-24,31,33-34,37,42,44,46,49,51-61H2,1-3H3/b10-7+,12-9+,19-16+,20-17+,21-18+,28-25+,29-26+,30-27+,35-32+,39-36+,41-38+,43-40+,48-45+,50-47+/t62-/m1/s1. The number of hydrogen-bond donors (Lipinski definition) is 0. The molecule has 0 aliphatic heterocycles. The molecule has 6 nitrogen and oxygen atoms in total. The van der Waals surface area contributed by atoms with Gasteiger partial charge in [-0.3, -0.25) is 14.4 Å². The maximum atomic E-state index is 12.8. The van der Waals surface area contributed by atoms with E-state index in [1.165, 1.54) is 25.7 Å². The van der Waals surface area contributed by atoms with Crippen LogP contribution in [0, 0.1) is 0 Å². The number of unbranched alkanes of at least 4 members (excludes halogenated alkanes) is 8. The first-order valence-electron chi connectivity index (χ1n) is 27.6. The zero-order valence-corrected chi connectivity index (χ0v) is 44.9. The molecule has 0 aromatic rings. The average Bonchev–Trinajstić information content (AvgIpc) is 3.37. The molecule has 0 N–H and O–H groups in total. The molecule has 0 fully saturated rings. The van der Waals surface area contributed by atoms with E-state index in [-0.39, 0.29) is 44.4 Å². The third-order valence-corrected chi connectivity index (χ3v) is 10.7. The van der Waals surface area contributed by atoms with Gasteiger partial charge in [0.05, 0.1) is 0 Å². The molecule has 0 amide bonds. The molecule has 1 atom stereocenters. The molecule has 0 aromatic heterocycles. The summed E-state index contributed by atoms with van der Waals surface area (Å²) in [6, 6.07) is 0. The van der Waals surface area contributed by atoms with Crippen LogP contribution in [0.15, 0.2) is 170 Å². The minimum Gasteiger partial charge on any atom is -0.462 e. The predicted molar refractivity (Wildman–Crippen MR) is 306 cm³/mol. The Bertz CT molecular complexity index is 1690. The van der Waals surface area contributed by atoms with Gasteiger partial charge in [0.1, 0.15) is 13.2 Å². The Morgan fingerprint density at radius 2 is 0.563 bits per heavy atom. The summed E-state index contributed by atoms with van der Waals surface area (Å²) in [6.07, 6.45) is 84.9. The average molecular weight is 975 g/mol. The van der Waals surface area contributed by atoms with E-state index in [4.69, 9.17) is 14.2 Å². The van der Waals surface area contributed by atoms with E-state index < -0.39 is 12.1 Å². The molecule has 0 bridgehead atoms. The number of rotatable bonds is 47. The monoisotopic (exact) mass is 975 g/mol. The molecule has 0 rings (SSSR count). The van der Waals surface area contributed by atoms with Crippen LogP contribution in [0.3, 0.4) is 0 Å². The minimum atomic E-state index is -0.854. The normalized spacial score (nSPS) is 13.5. The van der Waals surface area contributed by atoms with Crippen LogP contribution in [-0.4, -0.2) is 37.2 Å². The largest absolute Gasteiger partial charge is 0.462 e. The summed E-state index contributed by atoms with van der Waals surface area (Å²) in [5.41, 5.74) is 0. The van der Waals surface area contributed by atoms with Gasteiger partial charge in [0, 0.05) is 19.3 Å². The molecular formula is C65H98O6. The molecule has 394 valence electrons. The molecule has 0 spiro atoms. The SMILES string of the molecule is CC/C=C/C/C=C/C/C=C/C/C=C/C/C=C/CCCCCC(=O)OC[C@@H](COC(=O)CCC/C=C/C/C=C/C/C=C/C/C=C/CCCCC)OC(=O)CCC/C=C/C/C=C/C/C=C/C/C=C/C/C=C/CC. The Balaban J connectivity index is 4.67. The van der Waals surface area contributed by atoms with Crippen molar-refractivity contribution >= 4 is 17.9 Å². The van der Waals surface area contributed by atoms with Gasteiger partial charge < -0.3 is 14.2 Å². The number of allylic oxidation sites excluding steroid dienone is 28. The third-order valence-electron chi connectivity index (χ3n) is 10.7. The highest BCUT2D eigenvalue weighted by Crippen LogP contribution is 2.10. The van der Waals surface area contributed by atoms with Crippen molar-refractivity contribution in [2.24, 2.45) is 0 Å². The second-order valence-corrected chi connectivity index (χ2v) is 17.4. The topological polar surface area (TPSA) is 78.9 Å². The molecule has 71 heavy (non-hydrogen) atoms. The van der Waals surface area contributed by atoms with E-state index in [9.17, 15) is 14.4 Å². The van der Waals surface area contributed by atoms with Gasteiger partial charge in [0.15, 0.2) is 6.10 Å². The number of esters is 3. The van der Waals surface area contributed by atoms with Crippen molar-refractivity contribution in [3.63, 3.8) is 0 Å². The van der Waals surface area contributed by atoms with Gasteiger partial charge in [-0.25, -0.2) is 0 Å². The van der Waals surface area contributed by atoms with Gasteiger partial charge in [0.25, 0.3) is 0 Å². The maximum Gasteiger partial charge on any atom is 0.306 e. The second kappa shape index (κ2) is 57.3. The molecule has 0 aliphatic carbocycles. The molecule has 0 aromatic carbocycles. The van der Waals surface area contributed by atoms with E-state index in [2.05, 4.69) is 191 Å². The lowest BCUT2D eigenvalue weighted by Gasteiger charge is -2.18. The number of carbonyl (C=O) groups is 3. The fraction of sp³-hybridized carbons (Fsp3) is 0.523. The Morgan fingerprint density at radius 1 is 0.296 bits per heavy atom. The Labute approximate surface area is 434 Å². The van der Waals surface area contributed by atoms with Crippen molar-refractivity contribution in [3.8, 4) is 0 Å². The van der Waals surface area contributed by atoms with Crippen LogP contribution in [0.1, 0.15) is 201 Å². The van der Waals surface area contributed by atoms with E-state index in [1.807, 2.05) is 0 Å².